The summed E-state index contributed by atoms with van der Waals surface area (Å²) in [6.45, 7) is 4.15. The summed E-state index contributed by atoms with van der Waals surface area (Å²) in [5.74, 6) is -0.0538. The van der Waals surface area contributed by atoms with Crippen molar-refractivity contribution in [2.75, 3.05) is 7.11 Å². The normalized spacial score (nSPS) is 23.9. The van der Waals surface area contributed by atoms with Gasteiger partial charge < -0.3 is 4.74 Å². The first kappa shape index (κ1) is 12.2. The van der Waals surface area contributed by atoms with Gasteiger partial charge in [-0.3, -0.25) is 0 Å². The molecule has 0 fully saturated rings. The topological polar surface area (TPSA) is 26.3 Å². The lowest BCUT2D eigenvalue weighted by Crippen LogP contribution is -2.16. The van der Waals surface area contributed by atoms with Crippen LogP contribution >= 0.6 is 11.8 Å². The number of rotatable bonds is 2. The average molecular weight is 248 g/mol. The Balaban J connectivity index is 2.41. The van der Waals surface area contributed by atoms with Gasteiger partial charge in [0.1, 0.15) is 0 Å². The minimum Gasteiger partial charge on any atom is -0.466 e. The SMILES string of the molecule is COC(=O)C1=C(C)SC(C)C1c1ccccc1. The van der Waals surface area contributed by atoms with Crippen molar-refractivity contribution in [3.63, 3.8) is 0 Å². The standard InChI is InChI=1S/C14H16O2S/c1-9-12(11-7-5-4-6-8-11)13(10(2)17-9)14(15)16-3/h4-9,12H,1-3H3. The molecule has 0 N–H and O–H groups in total. The maximum Gasteiger partial charge on any atom is 0.335 e. The van der Waals surface area contributed by atoms with Crippen LogP contribution in [0.3, 0.4) is 0 Å². The molecule has 1 aliphatic rings. The van der Waals surface area contributed by atoms with E-state index in [-0.39, 0.29) is 11.9 Å². The average Bonchev–Trinajstić information content (AvgIpc) is 2.64. The molecule has 0 amide bonds. The first-order chi connectivity index (χ1) is 8.15. The van der Waals surface area contributed by atoms with Crippen molar-refractivity contribution in [2.45, 2.75) is 25.0 Å². The summed E-state index contributed by atoms with van der Waals surface area (Å²) in [5, 5.41) is 0.381. The lowest BCUT2D eigenvalue weighted by Gasteiger charge is -2.18. The van der Waals surface area contributed by atoms with Gasteiger partial charge in [-0.2, -0.15) is 0 Å². The van der Waals surface area contributed by atoms with Crippen LogP contribution in [0, 0.1) is 0 Å². The van der Waals surface area contributed by atoms with Crippen LogP contribution in [-0.4, -0.2) is 18.3 Å². The minimum absolute atomic E-state index is 0.147. The molecule has 2 rings (SSSR count). The molecular weight excluding hydrogens is 232 g/mol. The highest BCUT2D eigenvalue weighted by Gasteiger charge is 2.36. The van der Waals surface area contributed by atoms with E-state index in [9.17, 15) is 4.79 Å². The van der Waals surface area contributed by atoms with Gasteiger partial charge in [0.05, 0.1) is 12.7 Å². The van der Waals surface area contributed by atoms with Crippen LogP contribution < -0.4 is 0 Å². The molecule has 1 aliphatic heterocycles. The highest BCUT2D eigenvalue weighted by Crippen LogP contribution is 2.47. The second-order valence-corrected chi connectivity index (χ2v) is 5.76. The summed E-state index contributed by atoms with van der Waals surface area (Å²) in [6.07, 6.45) is 0. The Hall–Kier alpha value is -1.22. The third-order valence-electron chi connectivity index (χ3n) is 3.09. The third kappa shape index (κ3) is 2.25. The molecule has 0 spiro atoms. The smallest absolute Gasteiger partial charge is 0.335 e. The van der Waals surface area contributed by atoms with Crippen molar-refractivity contribution in [3.8, 4) is 0 Å². The van der Waals surface area contributed by atoms with E-state index in [1.54, 1.807) is 11.8 Å². The van der Waals surface area contributed by atoms with Crippen LogP contribution in [-0.2, 0) is 9.53 Å². The summed E-state index contributed by atoms with van der Waals surface area (Å²) < 4.78 is 4.89. The summed E-state index contributed by atoms with van der Waals surface area (Å²) in [5.41, 5.74) is 2.00. The Morgan fingerprint density at radius 3 is 2.53 bits per heavy atom. The van der Waals surface area contributed by atoms with E-state index in [1.807, 2.05) is 25.1 Å². The van der Waals surface area contributed by atoms with E-state index < -0.39 is 0 Å². The Morgan fingerprint density at radius 1 is 1.29 bits per heavy atom. The zero-order valence-corrected chi connectivity index (χ0v) is 11.1. The Bertz CT molecular complexity index is 451. The second-order valence-electron chi connectivity index (χ2n) is 4.17. The van der Waals surface area contributed by atoms with E-state index in [4.69, 9.17) is 4.74 Å². The van der Waals surface area contributed by atoms with Gasteiger partial charge in [0.25, 0.3) is 0 Å². The largest absolute Gasteiger partial charge is 0.466 e. The molecule has 0 radical (unpaired) electrons. The molecule has 0 aromatic heterocycles. The number of carbonyl (C=O) groups excluding carboxylic acids is 1. The van der Waals surface area contributed by atoms with E-state index in [2.05, 4.69) is 19.1 Å². The van der Waals surface area contributed by atoms with Gasteiger partial charge in [-0.15, -0.1) is 11.8 Å². The van der Waals surface area contributed by atoms with Crippen LogP contribution in [0.1, 0.15) is 25.3 Å². The number of ether oxygens (including phenoxy) is 1. The van der Waals surface area contributed by atoms with Gasteiger partial charge in [0.2, 0.25) is 0 Å². The summed E-state index contributed by atoms with van der Waals surface area (Å²) in [6, 6.07) is 10.2. The van der Waals surface area contributed by atoms with E-state index in [0.717, 1.165) is 10.5 Å². The monoisotopic (exact) mass is 248 g/mol. The molecule has 1 aromatic rings. The number of benzene rings is 1. The van der Waals surface area contributed by atoms with Crippen molar-refractivity contribution >= 4 is 17.7 Å². The maximum atomic E-state index is 11.9. The first-order valence-electron chi connectivity index (χ1n) is 5.66. The number of thioether (sulfide) groups is 1. The van der Waals surface area contributed by atoms with Gasteiger partial charge in [0, 0.05) is 11.2 Å². The molecule has 2 atom stereocenters. The van der Waals surface area contributed by atoms with Gasteiger partial charge in [-0.25, -0.2) is 4.79 Å². The van der Waals surface area contributed by atoms with Crippen molar-refractivity contribution in [2.24, 2.45) is 0 Å². The van der Waals surface area contributed by atoms with E-state index in [0.29, 0.717) is 5.25 Å². The molecule has 1 aromatic carbocycles. The van der Waals surface area contributed by atoms with Crippen molar-refractivity contribution in [1.82, 2.24) is 0 Å². The molecular formula is C14H16O2S. The first-order valence-corrected chi connectivity index (χ1v) is 6.53. The summed E-state index contributed by atoms with van der Waals surface area (Å²) in [4.78, 5) is 12.9. The lowest BCUT2D eigenvalue weighted by molar-refractivity contribution is -0.136. The van der Waals surface area contributed by atoms with Crippen LogP contribution in [0.15, 0.2) is 40.8 Å². The number of esters is 1. The Kier molecular flexibility index (Phi) is 3.57. The zero-order valence-electron chi connectivity index (χ0n) is 10.3. The fourth-order valence-electron chi connectivity index (χ4n) is 2.34. The fraction of sp³-hybridized carbons (Fsp3) is 0.357. The van der Waals surface area contributed by atoms with Crippen LogP contribution in [0.4, 0.5) is 0 Å². The Morgan fingerprint density at radius 2 is 1.94 bits per heavy atom. The Labute approximate surface area is 106 Å². The highest BCUT2D eigenvalue weighted by molar-refractivity contribution is 8.04. The van der Waals surface area contributed by atoms with Crippen LogP contribution in [0.2, 0.25) is 0 Å². The quantitative estimate of drug-likeness (QED) is 0.751. The van der Waals surface area contributed by atoms with E-state index in [1.165, 1.54) is 12.7 Å². The number of hydrogen-bond acceptors (Lipinski definition) is 3. The minimum atomic E-state index is -0.201. The highest BCUT2D eigenvalue weighted by atomic mass is 32.2. The van der Waals surface area contributed by atoms with Crippen molar-refractivity contribution < 1.29 is 9.53 Å². The molecule has 0 saturated heterocycles. The number of allylic oxidation sites excluding steroid dienone is 1. The van der Waals surface area contributed by atoms with Gasteiger partial charge in [0.15, 0.2) is 0 Å². The van der Waals surface area contributed by atoms with Gasteiger partial charge in [-0.1, -0.05) is 37.3 Å². The molecule has 1 heterocycles. The fourth-order valence-corrected chi connectivity index (χ4v) is 3.67. The third-order valence-corrected chi connectivity index (χ3v) is 4.30. The number of hydrogen-bond donors (Lipinski definition) is 0. The molecule has 0 saturated carbocycles. The number of methoxy groups -OCH3 is 1. The molecule has 90 valence electrons. The molecule has 3 heteroatoms. The predicted octanol–water partition coefficient (Wildman–Crippen LogP) is 3.35. The molecule has 17 heavy (non-hydrogen) atoms. The van der Waals surface area contributed by atoms with Crippen molar-refractivity contribution in [1.29, 1.82) is 0 Å². The molecule has 2 nitrogen and oxygen atoms in total. The van der Waals surface area contributed by atoms with Crippen LogP contribution in [0.25, 0.3) is 0 Å². The van der Waals surface area contributed by atoms with Gasteiger partial charge in [-0.05, 0) is 17.4 Å². The van der Waals surface area contributed by atoms with E-state index >= 15 is 0 Å². The molecule has 2 unspecified atom stereocenters. The van der Waals surface area contributed by atoms with Crippen molar-refractivity contribution in [3.05, 3.63) is 46.4 Å². The number of carbonyl (C=O) groups is 1. The predicted molar refractivity (Wildman–Crippen MR) is 71.0 cm³/mol. The summed E-state index contributed by atoms with van der Waals surface area (Å²) in [7, 11) is 1.44. The zero-order chi connectivity index (χ0) is 12.4. The molecule has 0 aliphatic carbocycles. The van der Waals surface area contributed by atoms with Crippen LogP contribution in [0.5, 0.6) is 0 Å². The lowest BCUT2D eigenvalue weighted by atomic mass is 9.88. The summed E-state index contributed by atoms with van der Waals surface area (Å²) >= 11 is 1.75. The maximum absolute atomic E-state index is 11.9. The van der Waals surface area contributed by atoms with Gasteiger partial charge >= 0.3 is 5.97 Å². The molecule has 0 bridgehead atoms. The second kappa shape index (κ2) is 4.96.